The average molecular weight is 517 g/mol. The van der Waals surface area contributed by atoms with Gasteiger partial charge in [0.2, 0.25) is 0 Å². The van der Waals surface area contributed by atoms with E-state index in [0.717, 1.165) is 33.7 Å². The summed E-state index contributed by atoms with van der Waals surface area (Å²) >= 11 is 0. The maximum atomic E-state index is 5.82. The highest BCUT2D eigenvalue weighted by atomic mass is 16.3. The summed E-state index contributed by atoms with van der Waals surface area (Å²) in [6.07, 6.45) is 5.86. The van der Waals surface area contributed by atoms with Gasteiger partial charge in [0.05, 0.1) is 5.69 Å². The number of hydrogen-bond acceptors (Lipinski definition) is 3. The zero-order valence-electron chi connectivity index (χ0n) is 22.5. The number of anilines is 2. The SMILES string of the molecule is C/C=C\C1=C(C)N(c2cc(-c3ccccc3)cc(-c3ccccc3)c2)c2cc3ocnc3cc2-c2ccccc21. The predicted octanol–water partition coefficient (Wildman–Crippen LogP) is 10.3. The molecular weight excluding hydrogens is 488 g/mol. The smallest absolute Gasteiger partial charge is 0.181 e. The van der Waals surface area contributed by atoms with E-state index in [1.807, 2.05) is 0 Å². The topological polar surface area (TPSA) is 29.3 Å². The van der Waals surface area contributed by atoms with Crippen LogP contribution in [0.2, 0.25) is 0 Å². The van der Waals surface area contributed by atoms with Gasteiger partial charge in [0, 0.05) is 28.6 Å². The number of rotatable bonds is 4. The van der Waals surface area contributed by atoms with Crippen molar-refractivity contribution >= 4 is 28.0 Å². The third-order valence-electron chi connectivity index (χ3n) is 7.65. The Labute approximate surface area is 234 Å². The highest BCUT2D eigenvalue weighted by Gasteiger charge is 2.27. The first-order valence-electron chi connectivity index (χ1n) is 13.6. The molecule has 0 N–H and O–H groups in total. The molecule has 192 valence electrons. The van der Waals surface area contributed by atoms with E-state index in [4.69, 9.17) is 4.42 Å². The fourth-order valence-electron chi connectivity index (χ4n) is 5.79. The van der Waals surface area contributed by atoms with Gasteiger partial charge in [0.1, 0.15) is 5.52 Å². The van der Waals surface area contributed by atoms with E-state index in [1.54, 1.807) is 0 Å². The summed E-state index contributed by atoms with van der Waals surface area (Å²) in [4.78, 5) is 6.88. The van der Waals surface area contributed by atoms with Crippen molar-refractivity contribution < 1.29 is 4.42 Å². The summed E-state index contributed by atoms with van der Waals surface area (Å²) in [6, 6.07) is 41.0. The van der Waals surface area contributed by atoms with Crippen LogP contribution in [-0.4, -0.2) is 4.98 Å². The van der Waals surface area contributed by atoms with Crippen molar-refractivity contribution in [2.45, 2.75) is 13.8 Å². The van der Waals surface area contributed by atoms with Crippen molar-refractivity contribution in [2.24, 2.45) is 0 Å². The van der Waals surface area contributed by atoms with E-state index in [1.165, 1.54) is 45.3 Å². The number of nitrogens with zero attached hydrogens (tertiary/aromatic N) is 2. The standard InChI is InChI=1S/C37H28N2O/c1-3-12-31-25(2)39(36-23-37-35(38-24-40-37)22-34(36)33-18-11-10-17-32(31)33)30-20-28(26-13-6-4-7-14-26)19-29(21-30)27-15-8-5-9-16-27/h3-24H,1-2H3/b12-3-. The maximum Gasteiger partial charge on any atom is 0.181 e. The van der Waals surface area contributed by atoms with Crippen LogP contribution >= 0.6 is 0 Å². The Morgan fingerprint density at radius 2 is 1.27 bits per heavy atom. The van der Waals surface area contributed by atoms with Gasteiger partial charge in [-0.05, 0) is 71.5 Å². The number of allylic oxidation sites excluding steroid dienone is 4. The minimum Gasteiger partial charge on any atom is -0.443 e. The normalized spacial score (nSPS) is 13.0. The first-order valence-corrected chi connectivity index (χ1v) is 13.6. The summed E-state index contributed by atoms with van der Waals surface area (Å²) in [6.45, 7) is 4.29. The second kappa shape index (κ2) is 9.87. The maximum absolute atomic E-state index is 5.82. The number of aromatic nitrogens is 1. The first-order chi connectivity index (χ1) is 19.7. The van der Waals surface area contributed by atoms with Gasteiger partial charge >= 0.3 is 0 Å². The Bertz CT molecular complexity index is 1860. The summed E-state index contributed by atoms with van der Waals surface area (Å²) in [5.41, 5.74) is 14.3. The third-order valence-corrected chi connectivity index (χ3v) is 7.65. The van der Waals surface area contributed by atoms with Crippen molar-refractivity contribution in [3.8, 4) is 33.4 Å². The molecule has 7 rings (SSSR count). The molecule has 1 aliphatic heterocycles. The molecule has 1 aromatic heterocycles. The van der Waals surface area contributed by atoms with Crippen LogP contribution in [0.25, 0.3) is 50.1 Å². The number of hydrogen-bond donors (Lipinski definition) is 0. The lowest BCUT2D eigenvalue weighted by Gasteiger charge is -2.28. The fraction of sp³-hybridized carbons (Fsp3) is 0.0541. The molecule has 0 saturated heterocycles. The quantitative estimate of drug-likeness (QED) is 0.233. The van der Waals surface area contributed by atoms with Gasteiger partial charge in [-0.1, -0.05) is 97.1 Å². The number of oxazole rings is 1. The van der Waals surface area contributed by atoms with Crippen LogP contribution in [0.4, 0.5) is 11.4 Å². The van der Waals surface area contributed by atoms with Crippen LogP contribution in [0.1, 0.15) is 19.4 Å². The zero-order chi connectivity index (χ0) is 27.1. The van der Waals surface area contributed by atoms with Gasteiger partial charge < -0.3 is 9.32 Å². The van der Waals surface area contributed by atoms with E-state index in [-0.39, 0.29) is 0 Å². The molecule has 0 atom stereocenters. The lowest BCUT2D eigenvalue weighted by Crippen LogP contribution is -2.16. The van der Waals surface area contributed by atoms with E-state index in [0.29, 0.717) is 0 Å². The monoisotopic (exact) mass is 516 g/mol. The Hall–Kier alpha value is -5.15. The third kappa shape index (κ3) is 4.04. The van der Waals surface area contributed by atoms with Crippen molar-refractivity contribution in [3.63, 3.8) is 0 Å². The molecule has 0 unspecified atom stereocenters. The van der Waals surface area contributed by atoms with Gasteiger partial charge in [-0.15, -0.1) is 0 Å². The zero-order valence-corrected chi connectivity index (χ0v) is 22.5. The van der Waals surface area contributed by atoms with Crippen molar-refractivity contribution in [3.05, 3.63) is 145 Å². The van der Waals surface area contributed by atoms with Gasteiger partial charge in [0.25, 0.3) is 0 Å². The highest BCUT2D eigenvalue weighted by Crippen LogP contribution is 2.48. The van der Waals surface area contributed by atoms with Gasteiger partial charge in [-0.25, -0.2) is 4.98 Å². The second-order valence-corrected chi connectivity index (χ2v) is 10.1. The lowest BCUT2D eigenvalue weighted by molar-refractivity contribution is 0.602. The largest absolute Gasteiger partial charge is 0.443 e. The Kier molecular flexibility index (Phi) is 5.90. The molecule has 0 bridgehead atoms. The van der Waals surface area contributed by atoms with Crippen molar-refractivity contribution in [2.75, 3.05) is 4.90 Å². The van der Waals surface area contributed by atoms with Gasteiger partial charge in [-0.2, -0.15) is 0 Å². The van der Waals surface area contributed by atoms with E-state index >= 15 is 0 Å². The van der Waals surface area contributed by atoms with Crippen LogP contribution in [0.3, 0.4) is 0 Å². The molecule has 0 spiro atoms. The predicted molar refractivity (Wildman–Crippen MR) is 166 cm³/mol. The summed E-state index contributed by atoms with van der Waals surface area (Å²) in [5.74, 6) is 0. The highest BCUT2D eigenvalue weighted by molar-refractivity contribution is 6.02. The average Bonchev–Trinajstić information content (AvgIpc) is 3.44. The van der Waals surface area contributed by atoms with E-state index in [9.17, 15) is 0 Å². The molecule has 0 fully saturated rings. The second-order valence-electron chi connectivity index (χ2n) is 10.1. The summed E-state index contributed by atoms with van der Waals surface area (Å²) in [5, 5.41) is 0. The molecule has 0 aliphatic carbocycles. The molecule has 3 heteroatoms. The summed E-state index contributed by atoms with van der Waals surface area (Å²) < 4.78 is 5.82. The molecule has 40 heavy (non-hydrogen) atoms. The van der Waals surface area contributed by atoms with Crippen molar-refractivity contribution in [1.82, 2.24) is 4.98 Å². The van der Waals surface area contributed by atoms with Gasteiger partial charge in [-0.3, -0.25) is 0 Å². The van der Waals surface area contributed by atoms with Crippen LogP contribution < -0.4 is 4.90 Å². The fourth-order valence-corrected chi connectivity index (χ4v) is 5.79. The Balaban J connectivity index is 1.57. The van der Waals surface area contributed by atoms with E-state index < -0.39 is 0 Å². The number of benzene rings is 5. The minimum absolute atomic E-state index is 0.769. The van der Waals surface area contributed by atoms with Crippen LogP contribution in [-0.2, 0) is 0 Å². The molecule has 5 aromatic carbocycles. The molecule has 0 amide bonds. The molecule has 0 saturated carbocycles. The summed E-state index contributed by atoms with van der Waals surface area (Å²) in [7, 11) is 0. The molecule has 1 aliphatic rings. The molecule has 3 nitrogen and oxygen atoms in total. The van der Waals surface area contributed by atoms with E-state index in [2.05, 4.69) is 151 Å². The minimum atomic E-state index is 0.769. The van der Waals surface area contributed by atoms with Gasteiger partial charge in [0.15, 0.2) is 12.0 Å². The Morgan fingerprint density at radius 3 is 1.93 bits per heavy atom. The lowest BCUT2D eigenvalue weighted by atomic mass is 9.94. The number of fused-ring (bicyclic) bond motifs is 4. The molecule has 2 heterocycles. The molecular formula is C37H28N2O. The Morgan fingerprint density at radius 1 is 0.650 bits per heavy atom. The molecule has 0 radical (unpaired) electrons. The van der Waals surface area contributed by atoms with Crippen LogP contribution in [0, 0.1) is 0 Å². The first kappa shape index (κ1) is 23.9. The van der Waals surface area contributed by atoms with Crippen LogP contribution in [0.15, 0.2) is 144 Å². The van der Waals surface area contributed by atoms with Crippen molar-refractivity contribution in [1.29, 1.82) is 0 Å². The van der Waals surface area contributed by atoms with Crippen LogP contribution in [0.5, 0.6) is 0 Å². The molecule has 6 aromatic rings.